The number of ether oxygens (including phenoxy) is 2. The second-order valence-electron chi connectivity index (χ2n) is 7.76. The van der Waals surface area contributed by atoms with E-state index in [-0.39, 0.29) is 0 Å². The largest absolute Gasteiger partial charge is 0.491 e. The maximum atomic E-state index is 5.96. The molecule has 0 radical (unpaired) electrons. The van der Waals surface area contributed by atoms with Crippen LogP contribution in [0.1, 0.15) is 36.1 Å². The van der Waals surface area contributed by atoms with Crippen LogP contribution in [0.15, 0.2) is 66.2 Å². The molecular weight excluding hydrogens is 414 g/mol. The van der Waals surface area contributed by atoms with E-state index in [1.807, 2.05) is 19.4 Å². The molecular formula is C26H35N5O2. The van der Waals surface area contributed by atoms with Gasteiger partial charge < -0.3 is 24.7 Å². The minimum absolute atomic E-state index is 0.537. The van der Waals surface area contributed by atoms with E-state index in [2.05, 4.69) is 76.5 Å². The molecule has 33 heavy (non-hydrogen) atoms. The number of hydrogen-bond acceptors (Lipinski definition) is 4. The molecule has 0 aliphatic heterocycles. The van der Waals surface area contributed by atoms with Gasteiger partial charge in [-0.25, -0.2) is 9.98 Å². The van der Waals surface area contributed by atoms with Crippen LogP contribution < -0.4 is 15.4 Å². The molecule has 0 saturated heterocycles. The predicted molar refractivity (Wildman–Crippen MR) is 133 cm³/mol. The molecule has 0 amide bonds. The number of guanidine groups is 1. The van der Waals surface area contributed by atoms with E-state index in [1.54, 1.807) is 6.20 Å². The fourth-order valence-corrected chi connectivity index (χ4v) is 3.33. The third-order valence-electron chi connectivity index (χ3n) is 5.07. The zero-order valence-electron chi connectivity index (χ0n) is 19.9. The molecule has 0 aliphatic carbocycles. The number of benzene rings is 2. The van der Waals surface area contributed by atoms with E-state index in [4.69, 9.17) is 14.5 Å². The molecule has 176 valence electrons. The summed E-state index contributed by atoms with van der Waals surface area (Å²) in [6.45, 7) is 10.8. The summed E-state index contributed by atoms with van der Waals surface area (Å²) in [5.74, 6) is 1.66. The van der Waals surface area contributed by atoms with Gasteiger partial charge in [0, 0.05) is 44.2 Å². The van der Waals surface area contributed by atoms with Crippen LogP contribution in [-0.4, -0.2) is 41.9 Å². The first-order valence-corrected chi connectivity index (χ1v) is 11.5. The highest BCUT2D eigenvalue weighted by Crippen LogP contribution is 2.20. The number of nitrogens with zero attached hydrogens (tertiary/aromatic N) is 3. The Bertz CT molecular complexity index is 984. The Balaban J connectivity index is 1.58. The molecule has 3 rings (SSSR count). The van der Waals surface area contributed by atoms with Crippen molar-refractivity contribution in [2.45, 2.75) is 40.4 Å². The van der Waals surface area contributed by atoms with Gasteiger partial charge in [-0.3, -0.25) is 0 Å². The van der Waals surface area contributed by atoms with Gasteiger partial charge in [-0.15, -0.1) is 0 Å². The van der Waals surface area contributed by atoms with Crippen molar-refractivity contribution in [1.29, 1.82) is 0 Å². The molecule has 1 heterocycles. The highest BCUT2D eigenvalue weighted by molar-refractivity contribution is 5.79. The highest BCUT2D eigenvalue weighted by atomic mass is 16.5. The lowest BCUT2D eigenvalue weighted by Crippen LogP contribution is -2.36. The van der Waals surface area contributed by atoms with Gasteiger partial charge >= 0.3 is 0 Å². The van der Waals surface area contributed by atoms with E-state index >= 15 is 0 Å². The minimum atomic E-state index is 0.537. The lowest BCUT2D eigenvalue weighted by Gasteiger charge is -2.15. The monoisotopic (exact) mass is 449 g/mol. The van der Waals surface area contributed by atoms with Crippen LogP contribution in [-0.2, 0) is 24.4 Å². The first kappa shape index (κ1) is 24.3. The summed E-state index contributed by atoms with van der Waals surface area (Å²) in [4.78, 5) is 8.85. The quantitative estimate of drug-likeness (QED) is 0.249. The Morgan fingerprint density at radius 3 is 2.58 bits per heavy atom. The summed E-state index contributed by atoms with van der Waals surface area (Å²) in [5.41, 5.74) is 4.66. The van der Waals surface area contributed by atoms with Crippen LogP contribution >= 0.6 is 0 Å². The van der Waals surface area contributed by atoms with Gasteiger partial charge in [0.25, 0.3) is 0 Å². The summed E-state index contributed by atoms with van der Waals surface area (Å²) in [6.07, 6.45) is 5.59. The summed E-state index contributed by atoms with van der Waals surface area (Å²) in [6, 6.07) is 14.8. The van der Waals surface area contributed by atoms with Crippen LogP contribution in [0.4, 0.5) is 0 Å². The van der Waals surface area contributed by atoms with Crippen molar-refractivity contribution >= 4 is 5.96 Å². The maximum Gasteiger partial charge on any atom is 0.191 e. The molecule has 0 atom stereocenters. The summed E-state index contributed by atoms with van der Waals surface area (Å²) in [7, 11) is 0. The topological polar surface area (TPSA) is 72.7 Å². The van der Waals surface area contributed by atoms with Crippen LogP contribution in [0.5, 0.6) is 5.75 Å². The fourth-order valence-electron chi connectivity index (χ4n) is 3.33. The van der Waals surface area contributed by atoms with Crippen molar-refractivity contribution in [2.24, 2.45) is 4.99 Å². The van der Waals surface area contributed by atoms with Crippen LogP contribution in [0.25, 0.3) is 0 Å². The molecule has 3 aromatic rings. The molecule has 7 nitrogen and oxygen atoms in total. The number of aromatic nitrogens is 2. The second kappa shape index (κ2) is 13.3. The highest BCUT2D eigenvalue weighted by Gasteiger charge is 2.06. The number of rotatable bonds is 12. The Hall–Kier alpha value is -3.32. The van der Waals surface area contributed by atoms with E-state index in [0.717, 1.165) is 35.9 Å². The Morgan fingerprint density at radius 2 is 1.85 bits per heavy atom. The van der Waals surface area contributed by atoms with Crippen molar-refractivity contribution < 1.29 is 9.47 Å². The molecule has 0 fully saturated rings. The van der Waals surface area contributed by atoms with E-state index in [0.29, 0.717) is 32.9 Å². The van der Waals surface area contributed by atoms with Crippen molar-refractivity contribution in [1.82, 2.24) is 20.2 Å². The van der Waals surface area contributed by atoms with E-state index in [1.165, 1.54) is 11.1 Å². The van der Waals surface area contributed by atoms with Crippen molar-refractivity contribution in [3.63, 3.8) is 0 Å². The number of hydrogen-bond donors (Lipinski definition) is 2. The molecule has 0 aliphatic rings. The van der Waals surface area contributed by atoms with Crippen LogP contribution in [0.3, 0.4) is 0 Å². The average Bonchev–Trinajstić information content (AvgIpc) is 3.33. The number of aliphatic imine (C=N–C) groups is 1. The normalized spacial score (nSPS) is 11.4. The molecule has 0 spiro atoms. The van der Waals surface area contributed by atoms with Gasteiger partial charge in [0.05, 0.1) is 19.5 Å². The minimum Gasteiger partial charge on any atom is -0.491 e. The summed E-state index contributed by atoms with van der Waals surface area (Å²) in [5, 5.41) is 6.75. The van der Waals surface area contributed by atoms with Crippen molar-refractivity contribution in [2.75, 3.05) is 26.4 Å². The summed E-state index contributed by atoms with van der Waals surface area (Å²) < 4.78 is 13.4. The smallest absolute Gasteiger partial charge is 0.191 e. The molecule has 7 heteroatoms. The fraction of sp³-hybridized carbons (Fsp3) is 0.385. The average molecular weight is 450 g/mol. The lowest BCUT2D eigenvalue weighted by molar-refractivity contribution is 0.110. The van der Waals surface area contributed by atoms with Gasteiger partial charge in [-0.2, -0.15) is 0 Å². The SMILES string of the molecule is CCNC(=NCc1ccc(Cn2ccnc2)cc1)NCc1ccc(C)cc1OCCOCC. The third kappa shape index (κ3) is 8.27. The predicted octanol–water partition coefficient (Wildman–Crippen LogP) is 3.91. The van der Waals surface area contributed by atoms with Gasteiger partial charge in [0.15, 0.2) is 5.96 Å². The molecule has 2 N–H and O–H groups in total. The molecule has 0 unspecified atom stereocenters. The lowest BCUT2D eigenvalue weighted by atomic mass is 10.1. The van der Waals surface area contributed by atoms with Gasteiger partial charge in [0.1, 0.15) is 12.4 Å². The Kier molecular flexibility index (Phi) is 9.79. The number of nitrogens with one attached hydrogen (secondary N) is 2. The summed E-state index contributed by atoms with van der Waals surface area (Å²) >= 11 is 0. The van der Waals surface area contributed by atoms with E-state index in [9.17, 15) is 0 Å². The molecule has 0 bridgehead atoms. The zero-order valence-corrected chi connectivity index (χ0v) is 19.9. The van der Waals surface area contributed by atoms with Crippen molar-refractivity contribution in [3.8, 4) is 5.75 Å². The molecule has 2 aromatic carbocycles. The maximum absolute atomic E-state index is 5.96. The standard InChI is InChI=1S/C26H35N5O2/c1-4-28-26(29-17-22-7-9-23(10-8-22)19-31-13-12-27-20-31)30-18-24-11-6-21(3)16-25(24)33-15-14-32-5-2/h6-13,16,20H,4-5,14-15,17-19H2,1-3H3,(H2,28,29,30). The van der Waals surface area contributed by atoms with Crippen molar-refractivity contribution in [3.05, 3.63) is 83.4 Å². The Labute approximate surface area is 196 Å². The van der Waals surface area contributed by atoms with Gasteiger partial charge in [-0.1, -0.05) is 36.4 Å². The number of aryl methyl sites for hydroxylation is 1. The van der Waals surface area contributed by atoms with Crippen LogP contribution in [0, 0.1) is 6.92 Å². The molecule has 1 aromatic heterocycles. The second-order valence-corrected chi connectivity index (χ2v) is 7.76. The van der Waals surface area contributed by atoms with Gasteiger partial charge in [0.2, 0.25) is 0 Å². The third-order valence-corrected chi connectivity index (χ3v) is 5.07. The Morgan fingerprint density at radius 1 is 1.03 bits per heavy atom. The zero-order chi connectivity index (χ0) is 23.3. The number of imidazole rings is 1. The van der Waals surface area contributed by atoms with Crippen LogP contribution in [0.2, 0.25) is 0 Å². The van der Waals surface area contributed by atoms with E-state index < -0.39 is 0 Å². The first-order chi connectivity index (χ1) is 16.2. The molecule has 0 saturated carbocycles. The van der Waals surface area contributed by atoms with Gasteiger partial charge in [-0.05, 0) is 43.5 Å². The first-order valence-electron chi connectivity index (χ1n) is 11.5.